The highest BCUT2D eigenvalue weighted by Crippen LogP contribution is 2.23. The lowest BCUT2D eigenvalue weighted by atomic mass is 10.0. The molecule has 0 spiro atoms. The van der Waals surface area contributed by atoms with Crippen molar-refractivity contribution in [3.05, 3.63) is 59.9 Å². The van der Waals surface area contributed by atoms with Crippen molar-refractivity contribution in [2.45, 2.75) is 12.5 Å². The van der Waals surface area contributed by atoms with Gasteiger partial charge in [0.15, 0.2) is 0 Å². The molecule has 0 aliphatic carbocycles. The number of nitrogens with zero attached hydrogens (tertiary/aromatic N) is 1. The Bertz CT molecular complexity index is 852. The average Bonchev–Trinajstić information content (AvgIpc) is 2.60. The molecule has 1 atom stereocenters. The lowest BCUT2D eigenvalue weighted by Gasteiger charge is -2.22. The van der Waals surface area contributed by atoms with Crippen LogP contribution in [0.5, 0.6) is 5.75 Å². The number of rotatable bonds is 7. The molecule has 0 saturated heterocycles. The van der Waals surface area contributed by atoms with Crippen LogP contribution < -0.4 is 14.4 Å². The first-order chi connectivity index (χ1) is 12.2. The summed E-state index contributed by atoms with van der Waals surface area (Å²) in [6, 6.07) is 11.6. The fraction of sp³-hybridized carbons (Fsp3) is 0.278. The second-order valence-corrected chi connectivity index (χ2v) is 7.63. The van der Waals surface area contributed by atoms with Gasteiger partial charge < -0.3 is 9.64 Å². The molecule has 0 bridgehead atoms. The van der Waals surface area contributed by atoms with Crippen molar-refractivity contribution >= 4 is 21.6 Å². The standard InChI is InChI=1S/C18H21FN2O4S/c1-21(15-8-6-14(19)7-9-15)18(22)12-17(20-26(3,23)24)13-4-10-16(25-2)11-5-13/h4-11,17,20H,12H2,1-3H3/t17-/m0/s1. The Hall–Kier alpha value is -2.45. The molecular formula is C18H21FN2O4S. The zero-order chi connectivity index (χ0) is 19.3. The molecule has 2 rings (SSSR count). The number of carbonyl (C=O) groups excluding carboxylic acids is 1. The molecule has 0 aliphatic rings. The van der Waals surface area contributed by atoms with Gasteiger partial charge in [-0.1, -0.05) is 12.1 Å². The molecule has 0 saturated carbocycles. The molecule has 140 valence electrons. The van der Waals surface area contributed by atoms with Gasteiger partial charge in [0.2, 0.25) is 15.9 Å². The van der Waals surface area contributed by atoms with E-state index in [0.29, 0.717) is 17.0 Å². The number of halogens is 1. The van der Waals surface area contributed by atoms with E-state index in [0.717, 1.165) is 6.26 Å². The Kier molecular flexibility index (Phi) is 6.33. The summed E-state index contributed by atoms with van der Waals surface area (Å²) in [5, 5.41) is 0. The van der Waals surface area contributed by atoms with E-state index in [1.54, 1.807) is 31.3 Å². The van der Waals surface area contributed by atoms with Crippen LogP contribution in [0, 0.1) is 5.82 Å². The third kappa shape index (κ3) is 5.53. The van der Waals surface area contributed by atoms with Crippen molar-refractivity contribution in [1.82, 2.24) is 4.72 Å². The molecule has 8 heteroatoms. The van der Waals surface area contributed by atoms with Crippen LogP contribution in [-0.4, -0.2) is 34.7 Å². The number of carbonyl (C=O) groups is 1. The first-order valence-electron chi connectivity index (χ1n) is 7.83. The summed E-state index contributed by atoms with van der Waals surface area (Å²) in [7, 11) is -0.443. The molecule has 0 fully saturated rings. The number of sulfonamides is 1. The second-order valence-electron chi connectivity index (χ2n) is 5.85. The zero-order valence-electron chi connectivity index (χ0n) is 14.8. The first kappa shape index (κ1) is 19.9. The molecule has 1 amide bonds. The topological polar surface area (TPSA) is 75.7 Å². The number of methoxy groups -OCH3 is 1. The SMILES string of the molecule is COc1ccc([C@H](CC(=O)N(C)c2ccc(F)cc2)NS(C)(=O)=O)cc1. The maximum atomic E-state index is 13.0. The highest BCUT2D eigenvalue weighted by molar-refractivity contribution is 7.88. The van der Waals surface area contributed by atoms with Crippen LogP contribution in [0.1, 0.15) is 18.0 Å². The normalized spacial score (nSPS) is 12.5. The van der Waals surface area contributed by atoms with E-state index in [9.17, 15) is 17.6 Å². The third-order valence-electron chi connectivity index (χ3n) is 3.84. The summed E-state index contributed by atoms with van der Waals surface area (Å²) in [6.07, 6.45) is 0.949. The van der Waals surface area contributed by atoms with Crippen LogP contribution in [0.25, 0.3) is 0 Å². The molecule has 2 aromatic carbocycles. The van der Waals surface area contributed by atoms with Crippen molar-refractivity contribution in [1.29, 1.82) is 0 Å². The molecule has 0 radical (unpaired) electrons. The summed E-state index contributed by atoms with van der Waals surface area (Å²) in [5.74, 6) is -0.0837. The van der Waals surface area contributed by atoms with Gasteiger partial charge in [0, 0.05) is 19.2 Å². The molecule has 6 nitrogen and oxygen atoms in total. The van der Waals surface area contributed by atoms with Gasteiger partial charge in [-0.05, 0) is 42.0 Å². The summed E-state index contributed by atoms with van der Waals surface area (Å²) < 4.78 is 44.0. The smallest absolute Gasteiger partial charge is 0.228 e. The summed E-state index contributed by atoms with van der Waals surface area (Å²) in [5.41, 5.74) is 1.15. The third-order valence-corrected chi connectivity index (χ3v) is 4.55. The van der Waals surface area contributed by atoms with E-state index < -0.39 is 21.9 Å². The molecular weight excluding hydrogens is 359 g/mol. The maximum Gasteiger partial charge on any atom is 0.228 e. The van der Waals surface area contributed by atoms with Gasteiger partial charge in [-0.2, -0.15) is 0 Å². The maximum absolute atomic E-state index is 13.0. The summed E-state index contributed by atoms with van der Waals surface area (Å²) in [6.45, 7) is 0. The summed E-state index contributed by atoms with van der Waals surface area (Å²) in [4.78, 5) is 14.0. The highest BCUT2D eigenvalue weighted by atomic mass is 32.2. The predicted molar refractivity (Wildman–Crippen MR) is 98.1 cm³/mol. The Morgan fingerprint density at radius 1 is 1.15 bits per heavy atom. The molecule has 0 unspecified atom stereocenters. The van der Waals surface area contributed by atoms with E-state index in [4.69, 9.17) is 4.74 Å². The van der Waals surface area contributed by atoms with Crippen molar-refractivity contribution in [3.8, 4) is 5.75 Å². The number of hydrogen-bond acceptors (Lipinski definition) is 4. The number of ether oxygens (including phenoxy) is 1. The Morgan fingerprint density at radius 3 is 2.23 bits per heavy atom. The van der Waals surface area contributed by atoms with Crippen LogP contribution >= 0.6 is 0 Å². The fourth-order valence-corrected chi connectivity index (χ4v) is 3.18. The Labute approximate surface area is 152 Å². The Balaban J connectivity index is 2.21. The van der Waals surface area contributed by atoms with Gasteiger partial charge in [0.25, 0.3) is 0 Å². The van der Waals surface area contributed by atoms with E-state index in [2.05, 4.69) is 4.72 Å². The predicted octanol–water partition coefficient (Wildman–Crippen LogP) is 2.48. The van der Waals surface area contributed by atoms with Gasteiger partial charge in [-0.15, -0.1) is 0 Å². The first-order valence-corrected chi connectivity index (χ1v) is 9.72. The number of nitrogens with one attached hydrogen (secondary N) is 1. The number of hydrogen-bond donors (Lipinski definition) is 1. The minimum absolute atomic E-state index is 0.0900. The molecule has 0 aromatic heterocycles. The van der Waals surface area contributed by atoms with Crippen molar-refractivity contribution in [2.75, 3.05) is 25.3 Å². The monoisotopic (exact) mass is 380 g/mol. The van der Waals surface area contributed by atoms with Gasteiger partial charge in [0.05, 0.1) is 19.4 Å². The second kappa shape index (κ2) is 8.29. The van der Waals surface area contributed by atoms with Gasteiger partial charge >= 0.3 is 0 Å². The van der Waals surface area contributed by atoms with Crippen LogP contribution in [0.3, 0.4) is 0 Å². The lowest BCUT2D eigenvalue weighted by molar-refractivity contribution is -0.118. The van der Waals surface area contributed by atoms with E-state index in [-0.39, 0.29) is 12.3 Å². The van der Waals surface area contributed by atoms with Crippen molar-refractivity contribution in [2.24, 2.45) is 0 Å². The number of amides is 1. The van der Waals surface area contributed by atoms with Crippen LogP contribution in [0.4, 0.5) is 10.1 Å². The average molecular weight is 380 g/mol. The Morgan fingerprint density at radius 2 is 1.73 bits per heavy atom. The van der Waals surface area contributed by atoms with Crippen LogP contribution in [0.2, 0.25) is 0 Å². The number of benzene rings is 2. The highest BCUT2D eigenvalue weighted by Gasteiger charge is 2.22. The zero-order valence-corrected chi connectivity index (χ0v) is 15.6. The largest absolute Gasteiger partial charge is 0.497 e. The number of anilines is 1. The molecule has 1 N–H and O–H groups in total. The van der Waals surface area contributed by atoms with E-state index in [1.165, 1.54) is 36.3 Å². The minimum Gasteiger partial charge on any atom is -0.497 e. The quantitative estimate of drug-likeness (QED) is 0.801. The summed E-state index contributed by atoms with van der Waals surface area (Å²) >= 11 is 0. The van der Waals surface area contributed by atoms with Crippen LogP contribution in [-0.2, 0) is 14.8 Å². The van der Waals surface area contributed by atoms with Gasteiger partial charge in [-0.3, -0.25) is 4.79 Å². The fourth-order valence-electron chi connectivity index (χ4n) is 2.44. The lowest BCUT2D eigenvalue weighted by Crippen LogP contribution is -2.34. The van der Waals surface area contributed by atoms with E-state index in [1.807, 2.05) is 0 Å². The van der Waals surface area contributed by atoms with Gasteiger partial charge in [0.1, 0.15) is 11.6 Å². The molecule has 2 aromatic rings. The molecule has 0 aliphatic heterocycles. The molecule has 26 heavy (non-hydrogen) atoms. The van der Waals surface area contributed by atoms with E-state index >= 15 is 0 Å². The minimum atomic E-state index is -3.53. The van der Waals surface area contributed by atoms with Crippen molar-refractivity contribution in [3.63, 3.8) is 0 Å². The van der Waals surface area contributed by atoms with Crippen molar-refractivity contribution < 1.29 is 22.3 Å². The van der Waals surface area contributed by atoms with Crippen LogP contribution in [0.15, 0.2) is 48.5 Å². The van der Waals surface area contributed by atoms with Gasteiger partial charge in [-0.25, -0.2) is 17.5 Å². The molecule has 0 heterocycles.